The molecule has 3 nitrogen and oxygen atoms in total. The van der Waals surface area contributed by atoms with Crippen LogP contribution in [0.5, 0.6) is 0 Å². The number of hydrogen-bond acceptors (Lipinski definition) is 2. The van der Waals surface area contributed by atoms with E-state index in [1.807, 2.05) is 43.1 Å². The molecule has 0 fully saturated rings. The fraction of sp³-hybridized carbons (Fsp3) is 0.333. The number of thiocarbonyl (C=S) groups is 1. The van der Waals surface area contributed by atoms with Crippen molar-refractivity contribution >= 4 is 23.0 Å². The van der Waals surface area contributed by atoms with Gasteiger partial charge < -0.3 is 10.2 Å². The lowest BCUT2D eigenvalue weighted by Gasteiger charge is -2.20. The summed E-state index contributed by atoms with van der Waals surface area (Å²) in [5.74, 6) is 0. The van der Waals surface area contributed by atoms with Crippen molar-refractivity contribution in [3.05, 3.63) is 29.8 Å². The summed E-state index contributed by atoms with van der Waals surface area (Å²) >= 11 is 5.24. The summed E-state index contributed by atoms with van der Waals surface area (Å²) < 4.78 is 0. The van der Waals surface area contributed by atoms with Crippen molar-refractivity contribution in [1.29, 1.82) is 5.26 Å². The van der Waals surface area contributed by atoms with Gasteiger partial charge in [-0.1, -0.05) is 18.2 Å². The Kier molecular flexibility index (Phi) is 4.74. The van der Waals surface area contributed by atoms with E-state index in [9.17, 15) is 0 Å². The fourth-order valence-electron chi connectivity index (χ4n) is 1.24. The summed E-state index contributed by atoms with van der Waals surface area (Å²) in [6, 6.07) is 10.1. The van der Waals surface area contributed by atoms with Gasteiger partial charge in [-0.2, -0.15) is 5.26 Å². The average Bonchev–Trinajstić information content (AvgIpc) is 2.28. The van der Waals surface area contributed by atoms with Crippen molar-refractivity contribution < 1.29 is 0 Å². The number of nitriles is 1. The summed E-state index contributed by atoms with van der Waals surface area (Å²) in [5, 5.41) is 12.3. The lowest BCUT2D eigenvalue weighted by Crippen LogP contribution is -2.31. The third kappa shape index (κ3) is 3.52. The van der Waals surface area contributed by atoms with Crippen molar-refractivity contribution in [2.75, 3.05) is 18.9 Å². The Hall–Kier alpha value is -1.60. The first-order valence-corrected chi connectivity index (χ1v) is 5.50. The molecule has 0 aromatic heterocycles. The minimum Gasteiger partial charge on any atom is -0.351 e. The first kappa shape index (κ1) is 12.5. The van der Waals surface area contributed by atoms with Gasteiger partial charge in [-0.05, 0) is 30.8 Å². The summed E-state index contributed by atoms with van der Waals surface area (Å²) in [6.07, 6.45) is 0.478. The van der Waals surface area contributed by atoms with Crippen LogP contribution >= 0.6 is 12.2 Å². The number of nitrogens with zero attached hydrogens (tertiary/aromatic N) is 2. The van der Waals surface area contributed by atoms with Crippen molar-refractivity contribution in [3.8, 4) is 6.07 Å². The van der Waals surface area contributed by atoms with Gasteiger partial charge in [0.1, 0.15) is 0 Å². The molecule has 0 bridgehead atoms. The Bertz CT molecular complexity index is 409. The molecule has 0 spiro atoms. The van der Waals surface area contributed by atoms with E-state index in [1.165, 1.54) is 0 Å². The van der Waals surface area contributed by atoms with E-state index >= 15 is 0 Å². The van der Waals surface area contributed by atoms with Gasteiger partial charge in [0.25, 0.3) is 0 Å². The van der Waals surface area contributed by atoms with Gasteiger partial charge in [-0.15, -0.1) is 0 Å². The van der Waals surface area contributed by atoms with Gasteiger partial charge in [-0.3, -0.25) is 0 Å². The second-order valence-electron chi connectivity index (χ2n) is 3.57. The maximum atomic E-state index is 8.49. The molecule has 0 aliphatic heterocycles. The summed E-state index contributed by atoms with van der Waals surface area (Å²) in [5.41, 5.74) is 2.16. The molecule has 0 radical (unpaired) electrons. The lowest BCUT2D eigenvalue weighted by atomic mass is 10.2. The molecular weight excluding hydrogens is 218 g/mol. The van der Waals surface area contributed by atoms with Crippen LogP contribution in [0.25, 0.3) is 0 Å². The number of anilines is 1. The molecule has 84 valence electrons. The van der Waals surface area contributed by atoms with E-state index in [1.54, 1.807) is 0 Å². The van der Waals surface area contributed by atoms with E-state index in [2.05, 4.69) is 11.4 Å². The van der Waals surface area contributed by atoms with Crippen LogP contribution < -0.4 is 5.32 Å². The van der Waals surface area contributed by atoms with Crippen LogP contribution in [0.4, 0.5) is 5.69 Å². The van der Waals surface area contributed by atoms with Crippen molar-refractivity contribution in [2.24, 2.45) is 0 Å². The van der Waals surface area contributed by atoms with Crippen LogP contribution in [-0.4, -0.2) is 23.6 Å². The second-order valence-corrected chi connectivity index (χ2v) is 3.96. The van der Waals surface area contributed by atoms with Gasteiger partial charge in [0.15, 0.2) is 5.11 Å². The zero-order valence-electron chi connectivity index (χ0n) is 9.53. The normalized spacial score (nSPS) is 9.31. The molecule has 1 N–H and O–H groups in total. The highest BCUT2D eigenvalue weighted by Crippen LogP contribution is 2.13. The molecule has 0 atom stereocenters. The standard InChI is InChI=1S/C12H15N3S/c1-10-6-3-4-7-11(10)14-12(16)15(2)9-5-8-13/h3-4,6-7H,5,9H2,1-2H3,(H,14,16). The van der Waals surface area contributed by atoms with Crippen LogP contribution in [0, 0.1) is 18.3 Å². The summed E-state index contributed by atoms with van der Waals surface area (Å²) in [7, 11) is 1.88. The van der Waals surface area contributed by atoms with E-state index < -0.39 is 0 Å². The maximum absolute atomic E-state index is 8.49. The van der Waals surface area contributed by atoms with E-state index in [4.69, 9.17) is 17.5 Å². The van der Waals surface area contributed by atoms with Crippen molar-refractivity contribution in [3.63, 3.8) is 0 Å². The van der Waals surface area contributed by atoms with Crippen LogP contribution in [-0.2, 0) is 0 Å². The molecule has 0 heterocycles. The van der Waals surface area contributed by atoms with Gasteiger partial charge >= 0.3 is 0 Å². The Balaban J connectivity index is 2.58. The molecule has 0 aliphatic carbocycles. The summed E-state index contributed by atoms with van der Waals surface area (Å²) in [6.45, 7) is 2.68. The number of rotatable bonds is 3. The van der Waals surface area contributed by atoms with Gasteiger partial charge in [0.05, 0.1) is 12.5 Å². The zero-order valence-corrected chi connectivity index (χ0v) is 10.3. The van der Waals surface area contributed by atoms with Crippen LogP contribution in [0.15, 0.2) is 24.3 Å². The van der Waals surface area contributed by atoms with Crippen LogP contribution in [0.1, 0.15) is 12.0 Å². The van der Waals surface area contributed by atoms with Gasteiger partial charge in [-0.25, -0.2) is 0 Å². The lowest BCUT2D eigenvalue weighted by molar-refractivity contribution is 0.523. The quantitative estimate of drug-likeness (QED) is 0.814. The van der Waals surface area contributed by atoms with Crippen LogP contribution in [0.3, 0.4) is 0 Å². The Morgan fingerprint density at radius 2 is 2.19 bits per heavy atom. The molecule has 1 rings (SSSR count). The molecule has 1 aromatic rings. The summed E-state index contributed by atoms with van der Waals surface area (Å²) in [4.78, 5) is 1.87. The monoisotopic (exact) mass is 233 g/mol. The highest BCUT2D eigenvalue weighted by Gasteiger charge is 2.04. The number of para-hydroxylation sites is 1. The minimum absolute atomic E-state index is 0.478. The SMILES string of the molecule is Cc1ccccc1NC(=S)N(C)CCC#N. The minimum atomic E-state index is 0.478. The second kappa shape index (κ2) is 6.09. The molecule has 0 unspecified atom stereocenters. The first-order valence-electron chi connectivity index (χ1n) is 5.10. The Morgan fingerprint density at radius 1 is 1.50 bits per heavy atom. The number of nitrogens with one attached hydrogen (secondary N) is 1. The van der Waals surface area contributed by atoms with Gasteiger partial charge in [0.2, 0.25) is 0 Å². The third-order valence-corrected chi connectivity index (χ3v) is 2.71. The molecule has 4 heteroatoms. The maximum Gasteiger partial charge on any atom is 0.173 e. The first-order chi connectivity index (χ1) is 7.65. The van der Waals surface area contributed by atoms with E-state index in [0.29, 0.717) is 18.1 Å². The average molecular weight is 233 g/mol. The number of hydrogen-bond donors (Lipinski definition) is 1. The van der Waals surface area contributed by atoms with Gasteiger partial charge in [0, 0.05) is 19.3 Å². The fourth-order valence-corrected chi connectivity index (χ4v) is 1.44. The predicted molar refractivity (Wildman–Crippen MR) is 70.3 cm³/mol. The zero-order chi connectivity index (χ0) is 12.0. The number of aryl methyl sites for hydroxylation is 1. The van der Waals surface area contributed by atoms with Crippen molar-refractivity contribution in [1.82, 2.24) is 4.90 Å². The number of benzene rings is 1. The molecule has 0 saturated carbocycles. The third-order valence-electron chi connectivity index (χ3n) is 2.29. The molecule has 1 aromatic carbocycles. The topological polar surface area (TPSA) is 39.1 Å². The van der Waals surface area contributed by atoms with Crippen molar-refractivity contribution in [2.45, 2.75) is 13.3 Å². The van der Waals surface area contributed by atoms with E-state index in [-0.39, 0.29) is 0 Å². The Labute approximate surface area is 102 Å². The largest absolute Gasteiger partial charge is 0.351 e. The molecule has 0 saturated heterocycles. The van der Waals surface area contributed by atoms with E-state index in [0.717, 1.165) is 11.3 Å². The molecule has 16 heavy (non-hydrogen) atoms. The smallest absolute Gasteiger partial charge is 0.173 e. The molecular formula is C12H15N3S. The highest BCUT2D eigenvalue weighted by atomic mass is 32.1. The predicted octanol–water partition coefficient (Wildman–Crippen LogP) is 2.54. The van der Waals surface area contributed by atoms with Crippen LogP contribution in [0.2, 0.25) is 0 Å². The Morgan fingerprint density at radius 3 is 2.81 bits per heavy atom. The highest BCUT2D eigenvalue weighted by molar-refractivity contribution is 7.80. The molecule has 0 amide bonds. The molecule has 0 aliphatic rings.